The van der Waals surface area contributed by atoms with Gasteiger partial charge in [0.15, 0.2) is 0 Å². The third-order valence-electron chi connectivity index (χ3n) is 6.47. The Labute approximate surface area is 221 Å². The molecule has 2 aromatic heterocycles. The molecule has 3 aromatic rings. The van der Waals surface area contributed by atoms with Crippen LogP contribution in [-0.2, 0) is 10.2 Å². The minimum Gasteiger partial charge on any atom is -0.465 e. The average molecular weight is 520 g/mol. The molecule has 1 aliphatic rings. The molecule has 0 radical (unpaired) electrons. The van der Waals surface area contributed by atoms with Crippen molar-refractivity contribution in [1.82, 2.24) is 19.7 Å². The van der Waals surface area contributed by atoms with Crippen molar-refractivity contribution in [2.75, 3.05) is 29.5 Å². The summed E-state index contributed by atoms with van der Waals surface area (Å²) in [4.78, 5) is 41.6. The van der Waals surface area contributed by atoms with E-state index in [2.05, 4.69) is 36.4 Å². The summed E-state index contributed by atoms with van der Waals surface area (Å²) in [5, 5.41) is 19.7. The van der Waals surface area contributed by atoms with E-state index in [1.807, 2.05) is 10.9 Å². The summed E-state index contributed by atoms with van der Waals surface area (Å²) in [5.74, 6) is -0.546. The summed E-state index contributed by atoms with van der Waals surface area (Å²) in [5.41, 5.74) is 9.48. The molecule has 1 aromatic carbocycles. The molecule has 0 unspecified atom stereocenters. The Hall–Kier alpha value is -4.41. The van der Waals surface area contributed by atoms with E-state index >= 15 is 0 Å². The second kappa shape index (κ2) is 10.5. The van der Waals surface area contributed by atoms with E-state index in [1.54, 1.807) is 36.5 Å². The van der Waals surface area contributed by atoms with E-state index in [0.29, 0.717) is 42.9 Å². The highest BCUT2D eigenvalue weighted by Gasteiger charge is 2.29. The van der Waals surface area contributed by atoms with Gasteiger partial charge in [-0.3, -0.25) is 14.3 Å². The Morgan fingerprint density at radius 1 is 1.08 bits per heavy atom. The third-order valence-corrected chi connectivity index (χ3v) is 6.47. The van der Waals surface area contributed by atoms with Gasteiger partial charge in [-0.15, -0.1) is 0 Å². The van der Waals surface area contributed by atoms with Crippen molar-refractivity contribution in [3.05, 3.63) is 54.0 Å². The predicted octanol–water partition coefficient (Wildman–Crippen LogP) is 4.35. The van der Waals surface area contributed by atoms with Crippen LogP contribution in [0.4, 0.5) is 22.0 Å². The Morgan fingerprint density at radius 3 is 2.34 bits per heavy atom. The van der Waals surface area contributed by atoms with E-state index < -0.39 is 12.0 Å². The number of nitrogens with two attached hydrogens (primary N) is 1. The molecule has 0 aliphatic carbocycles. The van der Waals surface area contributed by atoms with E-state index in [0.717, 1.165) is 11.3 Å². The second-order valence-corrected chi connectivity index (χ2v) is 10.5. The Bertz CT molecular complexity index is 1370. The second-order valence-electron chi connectivity index (χ2n) is 10.5. The molecule has 3 amide bonds. The first-order chi connectivity index (χ1) is 17.9. The van der Waals surface area contributed by atoms with E-state index in [-0.39, 0.29) is 28.7 Å². The van der Waals surface area contributed by atoms with Crippen LogP contribution in [0, 0.1) is 0 Å². The molecule has 11 nitrogen and oxygen atoms in total. The largest absolute Gasteiger partial charge is 0.465 e. The van der Waals surface area contributed by atoms with Gasteiger partial charge in [-0.25, -0.2) is 9.78 Å². The van der Waals surface area contributed by atoms with Gasteiger partial charge in [-0.1, -0.05) is 26.8 Å². The topological polar surface area (TPSA) is 155 Å². The number of nitrogens with one attached hydrogen (secondary N) is 2. The summed E-state index contributed by atoms with van der Waals surface area (Å²) in [6.07, 6.45) is 4.02. The van der Waals surface area contributed by atoms with Crippen LogP contribution < -0.4 is 16.4 Å². The lowest BCUT2D eigenvalue weighted by Gasteiger charge is -2.30. The molecule has 4 rings (SSSR count). The SMILES string of the molecule is CC(=O)Nc1cccc(NC(=O)c2cc(-c3cn(C4CCN(C(=O)O)CC4)nc3C(C)(C)C)cnc2N)c1. The zero-order valence-corrected chi connectivity index (χ0v) is 22.0. The van der Waals surface area contributed by atoms with E-state index in [1.165, 1.54) is 11.8 Å². The summed E-state index contributed by atoms with van der Waals surface area (Å²) < 4.78 is 1.92. The maximum Gasteiger partial charge on any atom is 0.407 e. The molecule has 3 heterocycles. The van der Waals surface area contributed by atoms with Crippen molar-refractivity contribution in [2.45, 2.75) is 52.0 Å². The molecule has 0 spiro atoms. The smallest absolute Gasteiger partial charge is 0.407 e. The van der Waals surface area contributed by atoms with Gasteiger partial charge in [0.1, 0.15) is 5.82 Å². The number of anilines is 3. The molecular formula is C27H33N7O4. The number of likely N-dealkylation sites (tertiary alicyclic amines) is 1. The fourth-order valence-electron chi connectivity index (χ4n) is 4.55. The maximum absolute atomic E-state index is 13.2. The van der Waals surface area contributed by atoms with Crippen LogP contribution >= 0.6 is 0 Å². The van der Waals surface area contributed by atoms with Gasteiger partial charge in [0, 0.05) is 60.3 Å². The number of carbonyl (C=O) groups is 3. The van der Waals surface area contributed by atoms with Gasteiger partial charge >= 0.3 is 6.09 Å². The molecule has 0 bridgehead atoms. The van der Waals surface area contributed by atoms with Gasteiger partial charge in [0.2, 0.25) is 5.91 Å². The van der Waals surface area contributed by atoms with Crippen LogP contribution in [0.3, 0.4) is 0 Å². The number of carboxylic acid groups (broad SMARTS) is 1. The van der Waals surface area contributed by atoms with Gasteiger partial charge in [-0.05, 0) is 37.1 Å². The quantitative estimate of drug-likeness (QED) is 0.390. The number of rotatable bonds is 5. The fraction of sp³-hybridized carbons (Fsp3) is 0.370. The molecule has 1 saturated heterocycles. The van der Waals surface area contributed by atoms with Crippen molar-refractivity contribution in [1.29, 1.82) is 0 Å². The normalized spacial score (nSPS) is 14.3. The Morgan fingerprint density at radius 2 is 1.74 bits per heavy atom. The van der Waals surface area contributed by atoms with Crippen molar-refractivity contribution in [3.8, 4) is 11.1 Å². The third kappa shape index (κ3) is 5.93. The zero-order valence-electron chi connectivity index (χ0n) is 22.0. The number of benzene rings is 1. The lowest BCUT2D eigenvalue weighted by molar-refractivity contribution is -0.114. The molecule has 0 atom stereocenters. The van der Waals surface area contributed by atoms with Crippen LogP contribution in [0.2, 0.25) is 0 Å². The van der Waals surface area contributed by atoms with Gasteiger partial charge in [-0.2, -0.15) is 5.10 Å². The van der Waals surface area contributed by atoms with Crippen LogP contribution in [0.15, 0.2) is 42.7 Å². The fourth-order valence-corrected chi connectivity index (χ4v) is 4.55. The minimum absolute atomic E-state index is 0.0702. The number of nitrogens with zero attached hydrogens (tertiary/aromatic N) is 4. The lowest BCUT2D eigenvalue weighted by Crippen LogP contribution is -2.38. The molecule has 0 saturated carbocycles. The zero-order chi connectivity index (χ0) is 27.6. The first-order valence-corrected chi connectivity index (χ1v) is 12.4. The number of hydrogen-bond acceptors (Lipinski definition) is 6. The number of piperidine rings is 1. The van der Waals surface area contributed by atoms with Crippen LogP contribution in [0.5, 0.6) is 0 Å². The number of hydrogen-bond donors (Lipinski definition) is 4. The predicted molar refractivity (Wildman–Crippen MR) is 145 cm³/mol. The van der Waals surface area contributed by atoms with Crippen LogP contribution in [0.25, 0.3) is 11.1 Å². The molecule has 5 N–H and O–H groups in total. The number of pyridine rings is 1. The first kappa shape index (κ1) is 26.6. The highest BCUT2D eigenvalue weighted by Crippen LogP contribution is 2.35. The highest BCUT2D eigenvalue weighted by atomic mass is 16.4. The Balaban J connectivity index is 1.63. The van der Waals surface area contributed by atoms with Crippen molar-refractivity contribution >= 4 is 35.1 Å². The van der Waals surface area contributed by atoms with Gasteiger partial charge in [0.25, 0.3) is 5.91 Å². The summed E-state index contributed by atoms with van der Waals surface area (Å²) in [6, 6.07) is 8.60. The monoisotopic (exact) mass is 519 g/mol. The van der Waals surface area contributed by atoms with Gasteiger partial charge in [0.05, 0.1) is 17.3 Å². The van der Waals surface area contributed by atoms with Crippen LogP contribution in [0.1, 0.15) is 62.6 Å². The van der Waals surface area contributed by atoms with E-state index in [4.69, 9.17) is 10.8 Å². The van der Waals surface area contributed by atoms with Crippen molar-refractivity contribution in [2.24, 2.45) is 0 Å². The first-order valence-electron chi connectivity index (χ1n) is 12.4. The minimum atomic E-state index is -0.902. The molecule has 11 heteroatoms. The summed E-state index contributed by atoms with van der Waals surface area (Å²) in [7, 11) is 0. The van der Waals surface area contributed by atoms with Gasteiger partial charge < -0.3 is 26.4 Å². The maximum atomic E-state index is 13.2. The standard InChI is InChI=1S/C27H33N7O4/c1-16(35)30-18-6-5-7-19(13-18)31-25(36)21-12-17(14-29-24(21)28)22-15-34(32-23(22)27(2,3)4)20-8-10-33(11-9-20)26(37)38/h5-7,12-15,20H,8-11H2,1-4H3,(H2,28,29)(H,30,35)(H,31,36)(H,37,38). The average Bonchev–Trinajstić information content (AvgIpc) is 3.30. The van der Waals surface area contributed by atoms with Crippen molar-refractivity contribution in [3.63, 3.8) is 0 Å². The highest BCUT2D eigenvalue weighted by molar-refractivity contribution is 6.08. The molecule has 38 heavy (non-hydrogen) atoms. The number of carbonyl (C=O) groups excluding carboxylic acids is 2. The molecule has 1 fully saturated rings. The summed E-state index contributed by atoms with van der Waals surface area (Å²) in [6.45, 7) is 8.52. The molecule has 200 valence electrons. The number of nitrogen functional groups attached to an aromatic ring is 1. The molecular weight excluding hydrogens is 486 g/mol. The summed E-state index contributed by atoms with van der Waals surface area (Å²) >= 11 is 0. The lowest BCUT2D eigenvalue weighted by atomic mass is 9.87. The number of aromatic nitrogens is 3. The van der Waals surface area contributed by atoms with Crippen molar-refractivity contribution < 1.29 is 19.5 Å². The van der Waals surface area contributed by atoms with Crippen LogP contribution in [-0.4, -0.2) is 55.8 Å². The number of amides is 3. The Kier molecular flexibility index (Phi) is 7.38. The van der Waals surface area contributed by atoms with E-state index in [9.17, 15) is 19.5 Å². The molecule has 1 aliphatic heterocycles.